The lowest BCUT2D eigenvalue weighted by molar-refractivity contribution is -0.274. The molecule has 138 valence electrons. The number of methoxy groups -OCH3 is 1. The van der Waals surface area contributed by atoms with Crippen LogP contribution in [0.2, 0.25) is 0 Å². The molecule has 4 nitrogen and oxygen atoms in total. The topological polar surface area (TPSA) is 47.6 Å². The van der Waals surface area contributed by atoms with Gasteiger partial charge in [-0.15, -0.1) is 13.2 Å². The number of benzene rings is 2. The van der Waals surface area contributed by atoms with E-state index >= 15 is 0 Å². The lowest BCUT2D eigenvalue weighted by Crippen LogP contribution is -2.24. The average Bonchev–Trinajstić information content (AvgIpc) is 2.59. The molecule has 0 heterocycles. The fourth-order valence-electron chi connectivity index (χ4n) is 2.27. The predicted octanol–water partition coefficient (Wildman–Crippen LogP) is 4.48. The smallest absolute Gasteiger partial charge is 0.496 e. The van der Waals surface area contributed by atoms with Gasteiger partial charge in [0.15, 0.2) is 0 Å². The van der Waals surface area contributed by atoms with Crippen molar-refractivity contribution in [1.29, 1.82) is 0 Å². The second-order valence-electron chi connectivity index (χ2n) is 5.42. The Morgan fingerprint density at radius 3 is 2.38 bits per heavy atom. The molecule has 0 bridgehead atoms. The van der Waals surface area contributed by atoms with Gasteiger partial charge in [0.25, 0.3) is 0 Å². The molecule has 0 radical (unpaired) electrons. The molecule has 0 spiro atoms. The molecule has 0 aliphatic heterocycles. The summed E-state index contributed by atoms with van der Waals surface area (Å²) in [6, 6.07) is 12.2. The molecule has 2 rings (SSSR count). The van der Waals surface area contributed by atoms with Crippen molar-refractivity contribution in [3.63, 3.8) is 0 Å². The van der Waals surface area contributed by atoms with Crippen molar-refractivity contribution in [3.8, 4) is 11.5 Å². The van der Waals surface area contributed by atoms with E-state index in [-0.39, 0.29) is 17.7 Å². The van der Waals surface area contributed by atoms with Gasteiger partial charge in [-0.3, -0.25) is 4.79 Å². The van der Waals surface area contributed by atoms with Crippen molar-refractivity contribution in [1.82, 2.24) is 5.32 Å². The van der Waals surface area contributed by atoms with Crippen LogP contribution in [0.5, 0.6) is 11.5 Å². The van der Waals surface area contributed by atoms with Gasteiger partial charge in [0.2, 0.25) is 5.91 Å². The maximum Gasteiger partial charge on any atom is 0.573 e. The van der Waals surface area contributed by atoms with E-state index in [0.717, 1.165) is 5.56 Å². The summed E-state index contributed by atoms with van der Waals surface area (Å²) in [6.45, 7) is 1.73. The van der Waals surface area contributed by atoms with Crippen molar-refractivity contribution < 1.29 is 27.4 Å². The van der Waals surface area contributed by atoms with E-state index in [1.54, 1.807) is 26.2 Å². The third kappa shape index (κ3) is 5.84. The van der Waals surface area contributed by atoms with Gasteiger partial charge in [-0.1, -0.05) is 30.3 Å². The molecule has 0 saturated carbocycles. The summed E-state index contributed by atoms with van der Waals surface area (Å²) < 4.78 is 45.5. The standard InChI is InChI=1S/C19H18F3NO3/c1-13(14-7-10-16(11-8-14)26-19(20,21)22)23-18(24)12-9-15-5-3-4-6-17(15)25-2/h3-13H,1-2H3,(H,23,24)/b12-9+. The Kier molecular flexibility index (Phi) is 6.27. The lowest BCUT2D eigenvalue weighted by atomic mass is 10.1. The van der Waals surface area contributed by atoms with Gasteiger partial charge in [0, 0.05) is 11.6 Å². The Morgan fingerprint density at radius 2 is 1.77 bits per heavy atom. The number of amides is 1. The second kappa shape index (κ2) is 8.42. The van der Waals surface area contributed by atoms with Crippen LogP contribution in [0.4, 0.5) is 13.2 Å². The molecule has 26 heavy (non-hydrogen) atoms. The Hall–Kier alpha value is -2.96. The van der Waals surface area contributed by atoms with Crippen molar-refractivity contribution in [2.45, 2.75) is 19.3 Å². The molecule has 0 fully saturated rings. The molecule has 2 aromatic carbocycles. The van der Waals surface area contributed by atoms with E-state index in [2.05, 4.69) is 10.1 Å². The van der Waals surface area contributed by atoms with Crippen LogP contribution in [0.15, 0.2) is 54.6 Å². The first-order valence-electron chi connectivity index (χ1n) is 7.76. The van der Waals surface area contributed by atoms with Crippen molar-refractivity contribution in [2.24, 2.45) is 0 Å². The highest BCUT2D eigenvalue weighted by molar-refractivity contribution is 5.92. The second-order valence-corrected chi connectivity index (χ2v) is 5.42. The Balaban J connectivity index is 1.97. The van der Waals surface area contributed by atoms with Gasteiger partial charge in [0.1, 0.15) is 11.5 Å². The van der Waals surface area contributed by atoms with Crippen LogP contribution in [-0.2, 0) is 4.79 Å². The van der Waals surface area contributed by atoms with Gasteiger partial charge in [-0.05, 0) is 36.8 Å². The van der Waals surface area contributed by atoms with Gasteiger partial charge >= 0.3 is 6.36 Å². The molecule has 2 aromatic rings. The number of carbonyl (C=O) groups excluding carboxylic acids is 1. The SMILES string of the molecule is COc1ccccc1/C=C/C(=O)NC(C)c1ccc(OC(F)(F)F)cc1. The van der Waals surface area contributed by atoms with Crippen LogP contribution >= 0.6 is 0 Å². The number of para-hydroxylation sites is 1. The zero-order valence-corrected chi connectivity index (χ0v) is 14.2. The molecule has 0 aliphatic rings. The molecule has 0 aromatic heterocycles. The van der Waals surface area contributed by atoms with E-state index in [1.165, 1.54) is 30.3 Å². The minimum atomic E-state index is -4.73. The Labute approximate surface area is 149 Å². The number of alkyl halides is 3. The number of carbonyl (C=O) groups is 1. The summed E-state index contributed by atoms with van der Waals surface area (Å²) >= 11 is 0. The number of hydrogen-bond acceptors (Lipinski definition) is 3. The molecule has 1 atom stereocenters. The summed E-state index contributed by atoms with van der Waals surface area (Å²) in [5.41, 5.74) is 1.41. The number of nitrogens with one attached hydrogen (secondary N) is 1. The van der Waals surface area contributed by atoms with Crippen LogP contribution in [0.25, 0.3) is 6.08 Å². The summed E-state index contributed by atoms with van der Waals surface area (Å²) in [6.07, 6.45) is -1.73. The normalized spacial score (nSPS) is 12.7. The number of hydrogen-bond donors (Lipinski definition) is 1. The molecule has 1 N–H and O–H groups in total. The van der Waals surface area contributed by atoms with Crippen LogP contribution in [0, 0.1) is 0 Å². The highest BCUT2D eigenvalue weighted by atomic mass is 19.4. The lowest BCUT2D eigenvalue weighted by Gasteiger charge is -2.14. The van der Waals surface area contributed by atoms with Gasteiger partial charge in [-0.2, -0.15) is 0 Å². The van der Waals surface area contributed by atoms with Crippen LogP contribution in [0.1, 0.15) is 24.1 Å². The molecule has 1 amide bonds. The Bertz CT molecular complexity index is 770. The first kappa shape index (κ1) is 19.4. The quantitative estimate of drug-likeness (QED) is 0.768. The highest BCUT2D eigenvalue weighted by Crippen LogP contribution is 2.24. The number of ether oxygens (including phenoxy) is 2. The minimum Gasteiger partial charge on any atom is -0.496 e. The maximum absolute atomic E-state index is 12.2. The van der Waals surface area contributed by atoms with Crippen LogP contribution < -0.4 is 14.8 Å². The number of halogens is 3. The summed E-state index contributed by atoms with van der Waals surface area (Å²) in [4.78, 5) is 12.0. The van der Waals surface area contributed by atoms with Crippen LogP contribution in [0.3, 0.4) is 0 Å². The highest BCUT2D eigenvalue weighted by Gasteiger charge is 2.31. The van der Waals surface area contributed by atoms with E-state index in [4.69, 9.17) is 4.74 Å². The molecule has 0 aliphatic carbocycles. The maximum atomic E-state index is 12.2. The van der Waals surface area contributed by atoms with Gasteiger partial charge < -0.3 is 14.8 Å². The fourth-order valence-corrected chi connectivity index (χ4v) is 2.27. The average molecular weight is 365 g/mol. The monoisotopic (exact) mass is 365 g/mol. The molecule has 1 unspecified atom stereocenters. The first-order valence-corrected chi connectivity index (χ1v) is 7.76. The predicted molar refractivity (Wildman–Crippen MR) is 91.7 cm³/mol. The van der Waals surface area contributed by atoms with E-state index in [0.29, 0.717) is 11.3 Å². The first-order chi connectivity index (χ1) is 12.3. The third-order valence-electron chi connectivity index (χ3n) is 3.53. The molecule has 7 heteroatoms. The van der Waals surface area contributed by atoms with Crippen LogP contribution in [-0.4, -0.2) is 19.4 Å². The van der Waals surface area contributed by atoms with Gasteiger partial charge in [0.05, 0.1) is 13.2 Å². The molecule has 0 saturated heterocycles. The molecular formula is C19H18F3NO3. The Morgan fingerprint density at radius 1 is 1.12 bits per heavy atom. The van der Waals surface area contributed by atoms with Crippen molar-refractivity contribution in [3.05, 3.63) is 65.7 Å². The fraction of sp³-hybridized carbons (Fsp3) is 0.211. The van der Waals surface area contributed by atoms with E-state index < -0.39 is 6.36 Å². The zero-order valence-electron chi connectivity index (χ0n) is 14.2. The third-order valence-corrected chi connectivity index (χ3v) is 3.53. The van der Waals surface area contributed by atoms with Gasteiger partial charge in [-0.25, -0.2) is 0 Å². The summed E-state index contributed by atoms with van der Waals surface area (Å²) in [7, 11) is 1.54. The summed E-state index contributed by atoms with van der Waals surface area (Å²) in [5.74, 6) is -0.000258. The minimum absolute atomic E-state index is 0.309. The summed E-state index contributed by atoms with van der Waals surface area (Å²) in [5, 5.41) is 2.74. The number of rotatable bonds is 6. The van der Waals surface area contributed by atoms with E-state index in [9.17, 15) is 18.0 Å². The van der Waals surface area contributed by atoms with E-state index in [1.807, 2.05) is 18.2 Å². The largest absolute Gasteiger partial charge is 0.573 e. The molecular weight excluding hydrogens is 347 g/mol. The van der Waals surface area contributed by atoms with Crippen molar-refractivity contribution in [2.75, 3.05) is 7.11 Å². The zero-order chi connectivity index (χ0) is 19.2. The van der Waals surface area contributed by atoms with Crippen molar-refractivity contribution >= 4 is 12.0 Å².